The third-order valence-electron chi connectivity index (χ3n) is 4.99. The zero-order chi connectivity index (χ0) is 19.9. The van der Waals surface area contributed by atoms with E-state index in [-0.39, 0.29) is 17.3 Å². The maximum Gasteiger partial charge on any atom is 0.451 e. The van der Waals surface area contributed by atoms with Crippen LogP contribution in [0.4, 0.5) is 24.8 Å². The van der Waals surface area contributed by atoms with E-state index < -0.39 is 12.0 Å². The summed E-state index contributed by atoms with van der Waals surface area (Å²) in [6.07, 6.45) is -3.12. The van der Waals surface area contributed by atoms with Crippen molar-refractivity contribution in [2.45, 2.75) is 24.9 Å². The van der Waals surface area contributed by atoms with Gasteiger partial charge in [0, 0.05) is 36.2 Å². The largest absolute Gasteiger partial charge is 0.497 e. The first-order valence-electron chi connectivity index (χ1n) is 8.84. The lowest BCUT2D eigenvalue weighted by Gasteiger charge is -2.33. The summed E-state index contributed by atoms with van der Waals surface area (Å²) in [6.45, 7) is 1.12. The first-order chi connectivity index (χ1) is 13.3. The zero-order valence-corrected chi connectivity index (χ0v) is 15.1. The number of anilines is 2. The molecule has 1 fully saturated rings. The lowest BCUT2D eigenvalue weighted by Crippen LogP contribution is -2.34. The molecule has 7 nitrogen and oxygen atoms in total. The van der Waals surface area contributed by atoms with Crippen LogP contribution in [0.5, 0.6) is 5.75 Å². The molecule has 10 heteroatoms. The third kappa shape index (κ3) is 3.41. The van der Waals surface area contributed by atoms with E-state index in [1.807, 2.05) is 4.90 Å². The topological polar surface area (TPSA) is 93.0 Å². The van der Waals surface area contributed by atoms with E-state index in [1.54, 1.807) is 18.2 Å². The fourth-order valence-corrected chi connectivity index (χ4v) is 3.55. The van der Waals surface area contributed by atoms with Crippen LogP contribution >= 0.6 is 0 Å². The molecule has 148 valence electrons. The average Bonchev–Trinajstić information content (AvgIpc) is 3.12. The lowest BCUT2D eigenvalue weighted by molar-refractivity contribution is -0.144. The van der Waals surface area contributed by atoms with Gasteiger partial charge in [0.1, 0.15) is 17.4 Å². The number of aromatic nitrogens is 4. The van der Waals surface area contributed by atoms with E-state index in [4.69, 9.17) is 10.5 Å². The minimum absolute atomic E-state index is 0.228. The van der Waals surface area contributed by atoms with Crippen molar-refractivity contribution in [2.75, 3.05) is 30.8 Å². The molecule has 2 aromatic heterocycles. The number of piperidine rings is 1. The number of fused-ring (bicyclic) bond motifs is 1. The molecule has 3 aromatic rings. The molecule has 1 aliphatic heterocycles. The Balaban J connectivity index is 1.68. The summed E-state index contributed by atoms with van der Waals surface area (Å²) in [6, 6.07) is 6.59. The van der Waals surface area contributed by atoms with E-state index in [2.05, 4.69) is 20.2 Å². The highest BCUT2D eigenvalue weighted by molar-refractivity contribution is 5.90. The van der Waals surface area contributed by atoms with Crippen molar-refractivity contribution in [3.63, 3.8) is 0 Å². The SMILES string of the molecule is COc1ccc2nc(C(F)(F)F)nc(N3CCC(c4cc(N)n[nH]4)CC3)c2c1. The first kappa shape index (κ1) is 18.3. The number of hydrogen-bond donors (Lipinski definition) is 2. The number of hydrogen-bond acceptors (Lipinski definition) is 6. The highest BCUT2D eigenvalue weighted by Crippen LogP contribution is 2.36. The predicted molar refractivity (Wildman–Crippen MR) is 98.3 cm³/mol. The molecule has 0 unspecified atom stereocenters. The van der Waals surface area contributed by atoms with Crippen molar-refractivity contribution in [1.82, 2.24) is 20.2 Å². The number of methoxy groups -OCH3 is 1. The van der Waals surface area contributed by atoms with E-state index in [9.17, 15) is 13.2 Å². The third-order valence-corrected chi connectivity index (χ3v) is 4.99. The summed E-state index contributed by atoms with van der Waals surface area (Å²) >= 11 is 0. The maximum atomic E-state index is 13.3. The van der Waals surface area contributed by atoms with Crippen LogP contribution in [0.2, 0.25) is 0 Å². The number of nitrogens with one attached hydrogen (secondary N) is 1. The molecular formula is C18H19F3N6O. The Bertz CT molecular complexity index is 995. The van der Waals surface area contributed by atoms with Crippen LogP contribution in [0.15, 0.2) is 24.3 Å². The summed E-state index contributed by atoms with van der Waals surface area (Å²) in [5.41, 5.74) is 6.85. The Hall–Kier alpha value is -3.04. The van der Waals surface area contributed by atoms with Gasteiger partial charge in [-0.15, -0.1) is 0 Å². The molecule has 4 rings (SSSR count). The van der Waals surface area contributed by atoms with Gasteiger partial charge in [0.05, 0.1) is 12.6 Å². The van der Waals surface area contributed by atoms with Crippen molar-refractivity contribution in [1.29, 1.82) is 0 Å². The Kier molecular flexibility index (Phi) is 4.48. The standard InChI is InChI=1S/C18H19F3N6O/c1-28-11-2-3-13-12(8-11)16(24-17(23-13)18(19,20)21)27-6-4-10(5-7-27)14-9-15(22)26-25-14/h2-3,8-10H,4-7H2,1H3,(H3,22,25,26). The molecule has 0 saturated carbocycles. The van der Waals surface area contributed by atoms with E-state index >= 15 is 0 Å². The van der Waals surface area contributed by atoms with Gasteiger partial charge in [0.15, 0.2) is 0 Å². The van der Waals surface area contributed by atoms with Crippen molar-refractivity contribution >= 4 is 22.5 Å². The zero-order valence-electron chi connectivity index (χ0n) is 15.1. The molecule has 0 atom stereocenters. The second-order valence-corrected chi connectivity index (χ2v) is 6.76. The maximum absolute atomic E-state index is 13.3. The molecule has 1 aliphatic rings. The van der Waals surface area contributed by atoms with Gasteiger partial charge < -0.3 is 15.4 Å². The molecule has 0 amide bonds. The smallest absolute Gasteiger partial charge is 0.451 e. The van der Waals surface area contributed by atoms with Gasteiger partial charge >= 0.3 is 6.18 Å². The van der Waals surface area contributed by atoms with E-state index in [1.165, 1.54) is 13.2 Å². The Labute approximate surface area is 158 Å². The highest BCUT2D eigenvalue weighted by atomic mass is 19.4. The average molecular weight is 392 g/mol. The molecule has 1 saturated heterocycles. The molecule has 0 radical (unpaired) electrons. The lowest BCUT2D eigenvalue weighted by atomic mass is 9.93. The van der Waals surface area contributed by atoms with Crippen molar-refractivity contribution < 1.29 is 17.9 Å². The van der Waals surface area contributed by atoms with E-state index in [0.717, 1.165) is 18.5 Å². The summed E-state index contributed by atoms with van der Waals surface area (Å²) in [5.74, 6) is 0.342. The van der Waals surface area contributed by atoms with Gasteiger partial charge in [-0.1, -0.05) is 0 Å². The molecule has 3 heterocycles. The van der Waals surface area contributed by atoms with Crippen LogP contribution in [0.25, 0.3) is 10.9 Å². The van der Waals surface area contributed by atoms with Gasteiger partial charge in [-0.2, -0.15) is 18.3 Å². The number of H-pyrrole nitrogens is 1. The van der Waals surface area contributed by atoms with Crippen LogP contribution in [0.1, 0.15) is 30.3 Å². The summed E-state index contributed by atoms with van der Waals surface area (Å²) in [5, 5.41) is 7.40. The fourth-order valence-electron chi connectivity index (χ4n) is 3.55. The van der Waals surface area contributed by atoms with Crippen molar-refractivity contribution in [2.24, 2.45) is 0 Å². The Morgan fingerprint density at radius 3 is 2.54 bits per heavy atom. The second-order valence-electron chi connectivity index (χ2n) is 6.76. The minimum atomic E-state index is -4.62. The second kappa shape index (κ2) is 6.84. The fraction of sp³-hybridized carbons (Fsp3) is 0.389. The molecule has 3 N–H and O–H groups in total. The van der Waals surface area contributed by atoms with Crippen LogP contribution in [0, 0.1) is 0 Å². The van der Waals surface area contributed by atoms with Gasteiger partial charge in [-0.3, -0.25) is 5.10 Å². The number of ether oxygens (including phenoxy) is 1. The molecule has 1 aromatic carbocycles. The van der Waals surface area contributed by atoms with Crippen LogP contribution in [-0.4, -0.2) is 40.4 Å². The van der Waals surface area contributed by atoms with Crippen molar-refractivity contribution in [3.8, 4) is 5.75 Å². The normalized spacial score (nSPS) is 15.9. The van der Waals surface area contributed by atoms with Crippen LogP contribution in [0.3, 0.4) is 0 Å². The minimum Gasteiger partial charge on any atom is -0.497 e. The van der Waals surface area contributed by atoms with E-state index in [0.29, 0.717) is 30.0 Å². The molecule has 28 heavy (non-hydrogen) atoms. The van der Waals surface area contributed by atoms with Gasteiger partial charge in [-0.25, -0.2) is 9.97 Å². The first-order valence-corrected chi connectivity index (χ1v) is 8.84. The van der Waals surface area contributed by atoms with Gasteiger partial charge in [0.25, 0.3) is 0 Å². The predicted octanol–water partition coefficient (Wildman–Crippen LogP) is 3.35. The van der Waals surface area contributed by atoms with Crippen molar-refractivity contribution in [3.05, 3.63) is 35.8 Å². The van der Waals surface area contributed by atoms with Gasteiger partial charge in [-0.05, 0) is 31.0 Å². The summed E-state index contributed by atoms with van der Waals surface area (Å²) in [7, 11) is 1.51. The Morgan fingerprint density at radius 2 is 1.93 bits per heavy atom. The monoisotopic (exact) mass is 392 g/mol. The number of aromatic amines is 1. The molecule has 0 bridgehead atoms. The number of rotatable bonds is 3. The highest BCUT2D eigenvalue weighted by Gasteiger charge is 2.36. The van der Waals surface area contributed by atoms with Crippen LogP contribution < -0.4 is 15.4 Å². The summed E-state index contributed by atoms with van der Waals surface area (Å²) < 4.78 is 45.1. The van der Waals surface area contributed by atoms with Crippen LogP contribution in [-0.2, 0) is 6.18 Å². The number of nitrogens with zero attached hydrogens (tertiary/aromatic N) is 4. The Morgan fingerprint density at radius 1 is 1.18 bits per heavy atom. The number of nitrogens with two attached hydrogens (primary N) is 1. The molecule has 0 spiro atoms. The molecular weight excluding hydrogens is 373 g/mol. The quantitative estimate of drug-likeness (QED) is 0.710. The number of alkyl halides is 3. The number of halogens is 3. The number of benzene rings is 1. The molecule has 0 aliphatic carbocycles. The summed E-state index contributed by atoms with van der Waals surface area (Å²) in [4.78, 5) is 9.43. The number of nitrogen functional groups attached to an aromatic ring is 1. The van der Waals surface area contributed by atoms with Gasteiger partial charge in [0.2, 0.25) is 5.82 Å².